The fourth-order valence-electron chi connectivity index (χ4n) is 8.00. The predicted molar refractivity (Wildman–Crippen MR) is 122 cm³/mol. The van der Waals surface area contributed by atoms with Crippen molar-refractivity contribution in [3.8, 4) is 5.75 Å². The van der Waals surface area contributed by atoms with Crippen LogP contribution in [-0.2, 0) is 23.1 Å². The highest BCUT2D eigenvalue weighted by Gasteiger charge is 2.74. The van der Waals surface area contributed by atoms with Crippen molar-refractivity contribution in [3.63, 3.8) is 0 Å². The number of hydrogen-bond donors (Lipinski definition) is 3. The SMILES string of the molecule is CN1CC2Cc3ccc(O)cc3C34C[C@@H](C(=O)NCCc5ccccc5)C[C@@]3(O)[C@H]1CC24. The fraction of sp³-hybridized carbons (Fsp3) is 0.519. The molecule has 4 aliphatic rings. The number of amides is 1. The summed E-state index contributed by atoms with van der Waals surface area (Å²) in [6.07, 6.45) is 3.94. The Balaban J connectivity index is 1.31. The van der Waals surface area contributed by atoms with Crippen molar-refractivity contribution in [2.45, 2.75) is 49.2 Å². The maximum atomic E-state index is 13.3. The number of carbonyl (C=O) groups is 1. The molecule has 3 aliphatic carbocycles. The third-order valence-corrected chi connectivity index (χ3v) is 9.17. The van der Waals surface area contributed by atoms with Crippen molar-refractivity contribution in [1.29, 1.82) is 0 Å². The predicted octanol–water partition coefficient (Wildman–Crippen LogP) is 2.64. The van der Waals surface area contributed by atoms with Crippen LogP contribution in [0.1, 0.15) is 36.0 Å². The zero-order chi connectivity index (χ0) is 22.1. The molecule has 1 aliphatic heterocycles. The largest absolute Gasteiger partial charge is 0.508 e. The molecule has 5 nitrogen and oxygen atoms in total. The minimum Gasteiger partial charge on any atom is -0.508 e. The Morgan fingerprint density at radius 2 is 2.00 bits per heavy atom. The summed E-state index contributed by atoms with van der Waals surface area (Å²) in [6, 6.07) is 16.0. The molecular formula is C27H32N2O3. The number of phenols is 1. The van der Waals surface area contributed by atoms with Gasteiger partial charge in [0.1, 0.15) is 5.75 Å². The molecule has 1 spiro atoms. The van der Waals surface area contributed by atoms with Crippen LogP contribution in [0.4, 0.5) is 0 Å². The first kappa shape index (κ1) is 20.3. The number of nitrogens with one attached hydrogen (secondary N) is 1. The van der Waals surface area contributed by atoms with E-state index in [0.717, 1.165) is 31.4 Å². The molecule has 3 unspecified atom stereocenters. The third kappa shape index (κ3) is 2.67. The lowest BCUT2D eigenvalue weighted by atomic mass is 9.57. The van der Waals surface area contributed by atoms with Gasteiger partial charge in [-0.3, -0.25) is 4.79 Å². The average Bonchev–Trinajstić information content (AvgIpc) is 3.21. The Labute approximate surface area is 189 Å². The van der Waals surface area contributed by atoms with Crippen LogP contribution in [0.2, 0.25) is 0 Å². The number of aromatic hydroxyl groups is 1. The van der Waals surface area contributed by atoms with Crippen molar-refractivity contribution in [3.05, 3.63) is 65.2 Å². The molecule has 3 fully saturated rings. The zero-order valence-electron chi connectivity index (χ0n) is 18.6. The first-order valence-electron chi connectivity index (χ1n) is 12.0. The number of fused-ring (bicyclic) bond motifs is 3. The topological polar surface area (TPSA) is 72.8 Å². The molecule has 1 heterocycles. The normalized spacial score (nSPS) is 37.1. The molecule has 0 aromatic heterocycles. The summed E-state index contributed by atoms with van der Waals surface area (Å²) in [6.45, 7) is 1.60. The summed E-state index contributed by atoms with van der Waals surface area (Å²) < 4.78 is 0. The number of piperidine rings is 1. The number of nitrogens with zero attached hydrogens (tertiary/aromatic N) is 1. The van der Waals surface area contributed by atoms with E-state index in [4.69, 9.17) is 0 Å². The maximum absolute atomic E-state index is 13.3. The quantitative estimate of drug-likeness (QED) is 0.695. The Kier molecular flexibility index (Phi) is 4.47. The van der Waals surface area contributed by atoms with E-state index in [1.807, 2.05) is 30.3 Å². The lowest BCUT2D eigenvalue weighted by Crippen LogP contribution is -2.54. The summed E-state index contributed by atoms with van der Waals surface area (Å²) in [7, 11) is 2.13. The second kappa shape index (κ2) is 7.06. The smallest absolute Gasteiger partial charge is 0.223 e. The number of hydrogen-bond acceptors (Lipinski definition) is 4. The molecule has 2 aromatic carbocycles. The van der Waals surface area contributed by atoms with E-state index in [1.165, 1.54) is 11.1 Å². The number of carbonyl (C=O) groups excluding carboxylic acids is 1. The Hall–Kier alpha value is -2.37. The minimum atomic E-state index is -0.939. The van der Waals surface area contributed by atoms with Gasteiger partial charge in [-0.25, -0.2) is 0 Å². The first-order chi connectivity index (χ1) is 15.4. The molecule has 6 rings (SSSR count). The first-order valence-corrected chi connectivity index (χ1v) is 12.0. The third-order valence-electron chi connectivity index (χ3n) is 9.17. The second-order valence-corrected chi connectivity index (χ2v) is 10.6. The second-order valence-electron chi connectivity index (χ2n) is 10.6. The number of aliphatic hydroxyl groups is 1. The van der Waals surface area contributed by atoms with E-state index in [0.29, 0.717) is 31.2 Å². The average molecular weight is 433 g/mol. The number of phenolic OH excluding ortho intramolecular Hbond substituents is 1. The standard InChI is InChI=1S/C27H32N2O3/c1-29-16-19-11-18-7-8-21(30)12-22(18)26-14-20(15-27(26,32)24(29)13-23(19)26)25(31)28-10-9-17-5-3-2-4-6-17/h2-8,12,19-20,23-24,30,32H,9-11,13-16H2,1H3,(H,28,31)/t19?,20-,23?,24-,26?,27-/m1/s1. The van der Waals surface area contributed by atoms with Crippen LogP contribution in [0.3, 0.4) is 0 Å². The summed E-state index contributed by atoms with van der Waals surface area (Å²) in [4.78, 5) is 15.6. The van der Waals surface area contributed by atoms with Crippen LogP contribution in [0, 0.1) is 17.8 Å². The number of likely N-dealkylation sites (N-methyl/N-ethyl adjacent to an activating group) is 1. The van der Waals surface area contributed by atoms with Gasteiger partial charge in [0.05, 0.1) is 5.60 Å². The number of rotatable bonds is 4. The van der Waals surface area contributed by atoms with Crippen molar-refractivity contribution in [2.24, 2.45) is 17.8 Å². The van der Waals surface area contributed by atoms with Crippen molar-refractivity contribution in [1.82, 2.24) is 10.2 Å². The highest BCUT2D eigenvalue weighted by Crippen LogP contribution is 2.69. The Morgan fingerprint density at radius 3 is 2.81 bits per heavy atom. The molecule has 6 atom stereocenters. The van der Waals surface area contributed by atoms with Gasteiger partial charge in [-0.15, -0.1) is 0 Å². The van der Waals surface area contributed by atoms with Crippen LogP contribution < -0.4 is 5.32 Å². The van der Waals surface area contributed by atoms with E-state index in [9.17, 15) is 15.0 Å². The van der Waals surface area contributed by atoms with Gasteiger partial charge >= 0.3 is 0 Å². The van der Waals surface area contributed by atoms with Crippen LogP contribution >= 0.6 is 0 Å². The van der Waals surface area contributed by atoms with Crippen LogP contribution in [0.5, 0.6) is 5.75 Å². The van der Waals surface area contributed by atoms with Gasteiger partial charge < -0.3 is 20.4 Å². The van der Waals surface area contributed by atoms with E-state index >= 15 is 0 Å². The molecule has 3 N–H and O–H groups in total. The molecule has 5 heteroatoms. The summed E-state index contributed by atoms with van der Waals surface area (Å²) >= 11 is 0. The summed E-state index contributed by atoms with van der Waals surface area (Å²) in [5, 5.41) is 25.8. The molecular weight excluding hydrogens is 400 g/mol. The number of benzene rings is 2. The zero-order valence-corrected chi connectivity index (χ0v) is 18.6. The highest BCUT2D eigenvalue weighted by molar-refractivity contribution is 5.80. The monoisotopic (exact) mass is 432 g/mol. The van der Waals surface area contributed by atoms with Gasteiger partial charge in [-0.05, 0) is 79.8 Å². The van der Waals surface area contributed by atoms with E-state index in [-0.39, 0.29) is 23.6 Å². The van der Waals surface area contributed by atoms with Gasteiger partial charge in [-0.1, -0.05) is 36.4 Å². The molecule has 1 saturated heterocycles. The van der Waals surface area contributed by atoms with Crippen LogP contribution in [-0.4, -0.2) is 52.8 Å². The lowest BCUT2D eigenvalue weighted by molar-refractivity contribution is -0.125. The van der Waals surface area contributed by atoms with Crippen molar-refractivity contribution < 1.29 is 15.0 Å². The van der Waals surface area contributed by atoms with Gasteiger partial charge in [-0.2, -0.15) is 0 Å². The van der Waals surface area contributed by atoms with Crippen molar-refractivity contribution in [2.75, 3.05) is 20.1 Å². The van der Waals surface area contributed by atoms with E-state index < -0.39 is 11.0 Å². The van der Waals surface area contributed by atoms with Crippen LogP contribution in [0.25, 0.3) is 0 Å². The lowest BCUT2D eigenvalue weighted by Gasteiger charge is -2.47. The molecule has 2 aromatic rings. The summed E-state index contributed by atoms with van der Waals surface area (Å²) in [5.74, 6) is 0.959. The Bertz CT molecular complexity index is 1060. The molecule has 1 amide bonds. The van der Waals surface area contributed by atoms with Crippen molar-refractivity contribution >= 4 is 5.91 Å². The van der Waals surface area contributed by atoms with Gasteiger partial charge in [0.25, 0.3) is 0 Å². The molecule has 2 saturated carbocycles. The summed E-state index contributed by atoms with van der Waals surface area (Å²) in [5.41, 5.74) is 2.16. The van der Waals surface area contributed by atoms with Gasteiger partial charge in [0, 0.05) is 30.5 Å². The van der Waals surface area contributed by atoms with Gasteiger partial charge in [0.2, 0.25) is 5.91 Å². The number of likely N-dealkylation sites (tertiary alicyclic amines) is 1. The molecule has 168 valence electrons. The fourth-order valence-corrected chi connectivity index (χ4v) is 8.00. The maximum Gasteiger partial charge on any atom is 0.223 e. The highest BCUT2D eigenvalue weighted by atomic mass is 16.3. The molecule has 2 bridgehead atoms. The molecule has 32 heavy (non-hydrogen) atoms. The van der Waals surface area contributed by atoms with E-state index in [1.54, 1.807) is 6.07 Å². The van der Waals surface area contributed by atoms with Gasteiger partial charge in [0.15, 0.2) is 0 Å². The Morgan fingerprint density at radius 1 is 1.19 bits per heavy atom. The minimum absolute atomic E-state index is 0.0580. The molecule has 0 radical (unpaired) electrons. The van der Waals surface area contributed by atoms with Crippen LogP contribution in [0.15, 0.2) is 48.5 Å². The van der Waals surface area contributed by atoms with E-state index in [2.05, 4.69) is 29.4 Å².